The number of morpholine rings is 1. The third-order valence-electron chi connectivity index (χ3n) is 7.66. The number of nitrogens with one attached hydrogen (secondary N) is 1. The van der Waals surface area contributed by atoms with Crippen molar-refractivity contribution in [3.05, 3.63) is 29.2 Å². The van der Waals surface area contributed by atoms with Crippen LogP contribution in [0.25, 0.3) is 11.3 Å². The van der Waals surface area contributed by atoms with E-state index in [0.717, 1.165) is 69.6 Å². The molecule has 0 radical (unpaired) electrons. The standard InChI is InChI=1S/C24H33N3O2/c1-16(28)18-4-5-19-14-23-24(21(19)13-18)22(25-15-26-23)12-17-2-6-20(7-3-17)27-8-10-29-11-9-27/h14-15,17-18,20H,2-13H2,1H3,(H,25,26)/t17?,18-,20?/m1/s1. The van der Waals surface area contributed by atoms with E-state index in [1.807, 2.05) is 6.33 Å². The van der Waals surface area contributed by atoms with Crippen molar-refractivity contribution in [2.45, 2.75) is 64.3 Å². The van der Waals surface area contributed by atoms with Gasteiger partial charge in [-0.05, 0) is 81.4 Å². The van der Waals surface area contributed by atoms with E-state index in [-0.39, 0.29) is 5.92 Å². The maximum atomic E-state index is 12.0. The topological polar surface area (TPSA) is 58.2 Å². The molecule has 5 nitrogen and oxygen atoms in total. The molecule has 0 aromatic rings. The van der Waals surface area contributed by atoms with Crippen LogP contribution in [0.5, 0.6) is 0 Å². The Morgan fingerprint density at radius 3 is 2.76 bits per heavy atom. The van der Waals surface area contributed by atoms with E-state index >= 15 is 0 Å². The summed E-state index contributed by atoms with van der Waals surface area (Å²) in [6, 6.07) is 3.02. The first-order chi connectivity index (χ1) is 14.2. The number of carbonyl (C=O) groups excluding carboxylic acids is 1. The van der Waals surface area contributed by atoms with Gasteiger partial charge in [0, 0.05) is 36.3 Å². The molecule has 1 saturated heterocycles. The summed E-state index contributed by atoms with van der Waals surface area (Å²) in [4.78, 5) is 22.8. The minimum Gasteiger partial charge on any atom is -0.379 e. The third-order valence-corrected chi connectivity index (χ3v) is 7.66. The van der Waals surface area contributed by atoms with Crippen LogP contribution in [0.1, 0.15) is 55.8 Å². The Labute approximate surface area is 173 Å². The van der Waals surface area contributed by atoms with Crippen LogP contribution >= 0.6 is 0 Å². The maximum absolute atomic E-state index is 12.0. The Morgan fingerprint density at radius 1 is 1.21 bits per heavy atom. The third kappa shape index (κ3) is 3.87. The van der Waals surface area contributed by atoms with Gasteiger partial charge in [0.15, 0.2) is 0 Å². The molecule has 0 amide bonds. The smallest absolute Gasteiger partial charge is 0.133 e. The lowest BCUT2D eigenvalue weighted by molar-refractivity contribution is -0.121. The van der Waals surface area contributed by atoms with Crippen molar-refractivity contribution in [3.8, 4) is 11.3 Å². The SMILES string of the molecule is CC(=O)[C@@H]1CCc2cc3nc[nH]c(CC4CCC(N5CCOCC5)CC4)c-3c2C1. The lowest BCUT2D eigenvalue weighted by Crippen LogP contribution is -2.45. The Balaban J connectivity index is 1.30. The minimum atomic E-state index is 0.185. The Morgan fingerprint density at radius 2 is 2.00 bits per heavy atom. The molecule has 1 saturated carbocycles. The van der Waals surface area contributed by atoms with Crippen LogP contribution in [0.2, 0.25) is 0 Å². The van der Waals surface area contributed by atoms with Gasteiger partial charge in [0.2, 0.25) is 0 Å². The number of rotatable bonds is 4. The Hall–Kier alpha value is -1.72. The van der Waals surface area contributed by atoms with Crippen LogP contribution in [0.15, 0.2) is 12.4 Å². The zero-order chi connectivity index (χ0) is 19.8. The van der Waals surface area contributed by atoms with Gasteiger partial charge in [0.25, 0.3) is 0 Å². The number of aromatic amines is 1. The summed E-state index contributed by atoms with van der Waals surface area (Å²) in [5, 5.41) is 0. The normalized spacial score (nSPS) is 28.4. The highest BCUT2D eigenvalue weighted by Gasteiger charge is 2.31. The van der Waals surface area contributed by atoms with Gasteiger partial charge in [-0.15, -0.1) is 0 Å². The number of ketones is 1. The van der Waals surface area contributed by atoms with E-state index < -0.39 is 0 Å². The van der Waals surface area contributed by atoms with Crippen LogP contribution in [0.3, 0.4) is 0 Å². The van der Waals surface area contributed by atoms with Crippen LogP contribution in [-0.4, -0.2) is 53.0 Å². The second-order valence-corrected chi connectivity index (χ2v) is 9.37. The molecule has 0 bridgehead atoms. The Bertz CT molecular complexity index is 831. The zero-order valence-corrected chi connectivity index (χ0v) is 17.6. The van der Waals surface area contributed by atoms with Gasteiger partial charge in [0.05, 0.1) is 25.2 Å². The maximum Gasteiger partial charge on any atom is 0.133 e. The molecule has 3 aliphatic carbocycles. The highest BCUT2D eigenvalue weighted by atomic mass is 16.5. The molecule has 5 aliphatic rings. The summed E-state index contributed by atoms with van der Waals surface area (Å²) in [6.07, 6.45) is 11.1. The molecule has 1 N–H and O–H groups in total. The quantitative estimate of drug-likeness (QED) is 0.859. The molecule has 0 aromatic heterocycles. The minimum absolute atomic E-state index is 0.185. The van der Waals surface area contributed by atoms with Crippen LogP contribution in [-0.2, 0) is 28.8 Å². The van der Waals surface area contributed by atoms with Gasteiger partial charge in [-0.1, -0.05) is 0 Å². The first-order valence-electron chi connectivity index (χ1n) is 11.5. The van der Waals surface area contributed by atoms with E-state index in [1.165, 1.54) is 48.1 Å². The van der Waals surface area contributed by atoms with Gasteiger partial charge in [-0.3, -0.25) is 9.69 Å². The molecule has 5 heteroatoms. The number of Topliss-reactive ketones (excluding diaryl/α,β-unsaturated/α-hetero) is 1. The zero-order valence-electron chi connectivity index (χ0n) is 17.6. The largest absolute Gasteiger partial charge is 0.379 e. The molecule has 1 atom stereocenters. The molecule has 2 heterocycles. The Kier molecular flexibility index (Phi) is 5.44. The molecule has 29 heavy (non-hydrogen) atoms. The fourth-order valence-electron chi connectivity index (χ4n) is 5.92. The van der Waals surface area contributed by atoms with E-state index in [2.05, 4.69) is 20.9 Å². The predicted molar refractivity (Wildman–Crippen MR) is 113 cm³/mol. The molecule has 5 rings (SSSR count). The highest BCUT2D eigenvalue weighted by molar-refractivity contribution is 5.81. The molecule has 0 spiro atoms. The number of hydrogen-bond acceptors (Lipinski definition) is 4. The summed E-state index contributed by atoms with van der Waals surface area (Å²) in [7, 11) is 0. The first-order valence-corrected chi connectivity index (χ1v) is 11.5. The van der Waals surface area contributed by atoms with Crippen molar-refractivity contribution in [2.75, 3.05) is 26.3 Å². The average Bonchev–Trinajstić information content (AvgIpc) is 3.13. The van der Waals surface area contributed by atoms with Gasteiger partial charge < -0.3 is 9.72 Å². The van der Waals surface area contributed by atoms with Crippen molar-refractivity contribution in [3.63, 3.8) is 0 Å². The molecule has 2 aliphatic heterocycles. The van der Waals surface area contributed by atoms with Crippen molar-refractivity contribution < 1.29 is 9.53 Å². The van der Waals surface area contributed by atoms with Crippen LogP contribution in [0.4, 0.5) is 0 Å². The van der Waals surface area contributed by atoms with Crippen molar-refractivity contribution >= 4 is 5.78 Å². The van der Waals surface area contributed by atoms with Crippen LogP contribution < -0.4 is 0 Å². The lowest BCUT2D eigenvalue weighted by Gasteiger charge is -2.38. The number of ether oxygens (including phenoxy) is 1. The molecule has 2 fully saturated rings. The van der Waals surface area contributed by atoms with Gasteiger partial charge in [0.1, 0.15) is 5.78 Å². The van der Waals surface area contributed by atoms with E-state index in [0.29, 0.717) is 5.78 Å². The fraction of sp³-hybridized carbons (Fsp3) is 0.667. The van der Waals surface area contributed by atoms with Gasteiger partial charge in [-0.25, -0.2) is 4.98 Å². The van der Waals surface area contributed by atoms with Crippen molar-refractivity contribution in [1.82, 2.24) is 14.9 Å². The van der Waals surface area contributed by atoms with Crippen LogP contribution in [0, 0.1) is 11.8 Å². The number of nitrogens with zero attached hydrogens (tertiary/aromatic N) is 2. The number of aryl methyl sites for hydroxylation is 1. The summed E-state index contributed by atoms with van der Waals surface area (Å²) in [5.74, 6) is 1.26. The number of aromatic nitrogens is 2. The molecule has 0 aromatic carbocycles. The summed E-state index contributed by atoms with van der Waals surface area (Å²) in [5.41, 5.74) is 6.60. The second-order valence-electron chi connectivity index (χ2n) is 9.37. The van der Waals surface area contributed by atoms with Crippen molar-refractivity contribution in [1.29, 1.82) is 0 Å². The number of carbonyl (C=O) groups is 1. The fourth-order valence-corrected chi connectivity index (χ4v) is 5.92. The summed E-state index contributed by atoms with van der Waals surface area (Å²) >= 11 is 0. The predicted octanol–water partition coefficient (Wildman–Crippen LogP) is 3.64. The highest BCUT2D eigenvalue weighted by Crippen LogP contribution is 2.40. The van der Waals surface area contributed by atoms with Gasteiger partial charge in [-0.2, -0.15) is 0 Å². The summed E-state index contributed by atoms with van der Waals surface area (Å²) < 4.78 is 5.52. The monoisotopic (exact) mass is 395 g/mol. The molecular weight excluding hydrogens is 362 g/mol. The van der Waals surface area contributed by atoms with Crippen molar-refractivity contribution in [2.24, 2.45) is 11.8 Å². The summed E-state index contributed by atoms with van der Waals surface area (Å²) in [6.45, 7) is 5.75. The molecular formula is C24H33N3O2. The number of fused-ring (bicyclic) bond motifs is 3. The lowest BCUT2D eigenvalue weighted by atomic mass is 9.80. The average molecular weight is 396 g/mol. The van der Waals surface area contributed by atoms with E-state index in [1.54, 1.807) is 6.92 Å². The number of H-pyrrole nitrogens is 1. The van der Waals surface area contributed by atoms with E-state index in [9.17, 15) is 4.79 Å². The van der Waals surface area contributed by atoms with Gasteiger partial charge >= 0.3 is 0 Å². The first kappa shape index (κ1) is 19.3. The number of hydrogen-bond donors (Lipinski definition) is 1. The van der Waals surface area contributed by atoms with E-state index in [4.69, 9.17) is 4.74 Å². The molecule has 156 valence electrons. The second kappa shape index (κ2) is 8.19. The molecule has 0 unspecified atom stereocenters.